The van der Waals surface area contributed by atoms with Crippen molar-refractivity contribution in [2.75, 3.05) is 43.9 Å². The van der Waals surface area contributed by atoms with Crippen LogP contribution in [-0.2, 0) is 14.8 Å². The molecule has 0 bridgehead atoms. The number of nitrogens with one attached hydrogen (secondary N) is 2. The predicted molar refractivity (Wildman–Crippen MR) is 159 cm³/mol. The SMILES string of the molecule is COc1ncc(-c2ccc3ncc(NCC4CCN(C(C)=O)CC4)c(OC)c3c2)cc1NS(=O)(=O)c1ccc(F)cc1F. The number of rotatable bonds is 9. The molecule has 13 heteroatoms. The maximum atomic E-state index is 14.3. The van der Waals surface area contributed by atoms with Crippen LogP contribution in [0.4, 0.5) is 20.2 Å². The Kier molecular flexibility index (Phi) is 8.62. The summed E-state index contributed by atoms with van der Waals surface area (Å²) in [6.45, 7) is 3.78. The maximum Gasteiger partial charge on any atom is 0.264 e. The number of aromatic nitrogens is 2. The number of piperidine rings is 1. The monoisotopic (exact) mass is 611 g/mol. The minimum atomic E-state index is -4.44. The number of likely N-dealkylation sites (tertiary alicyclic amines) is 1. The van der Waals surface area contributed by atoms with Crippen LogP contribution in [0.1, 0.15) is 19.8 Å². The smallest absolute Gasteiger partial charge is 0.264 e. The lowest BCUT2D eigenvalue weighted by Gasteiger charge is -2.31. The highest BCUT2D eigenvalue weighted by molar-refractivity contribution is 7.92. The fourth-order valence-electron chi connectivity index (χ4n) is 5.14. The molecular formula is C30H31F2N5O5S. The summed E-state index contributed by atoms with van der Waals surface area (Å²) in [5, 5.41) is 4.18. The molecule has 0 saturated carbocycles. The zero-order chi connectivity index (χ0) is 30.7. The molecule has 226 valence electrons. The Hall–Kier alpha value is -4.52. The number of amides is 1. The third-order valence-corrected chi connectivity index (χ3v) is 8.87. The minimum absolute atomic E-state index is 0.0276. The number of sulfonamides is 1. The van der Waals surface area contributed by atoms with Gasteiger partial charge in [-0.25, -0.2) is 22.2 Å². The summed E-state index contributed by atoms with van der Waals surface area (Å²) in [4.78, 5) is 21.6. The molecule has 10 nitrogen and oxygen atoms in total. The number of hydrogen-bond acceptors (Lipinski definition) is 8. The average Bonchev–Trinajstić information content (AvgIpc) is 2.99. The molecule has 0 atom stereocenters. The molecule has 0 radical (unpaired) electrons. The topological polar surface area (TPSA) is 123 Å². The van der Waals surface area contributed by atoms with Gasteiger partial charge in [-0.15, -0.1) is 0 Å². The zero-order valence-corrected chi connectivity index (χ0v) is 24.7. The Labute approximate surface area is 248 Å². The van der Waals surface area contributed by atoms with E-state index in [9.17, 15) is 22.0 Å². The number of carbonyl (C=O) groups excluding carboxylic acids is 1. The lowest BCUT2D eigenvalue weighted by molar-refractivity contribution is -0.130. The zero-order valence-electron chi connectivity index (χ0n) is 23.9. The van der Waals surface area contributed by atoms with Crippen LogP contribution in [-0.4, -0.2) is 63.0 Å². The molecule has 0 spiro atoms. The van der Waals surface area contributed by atoms with Crippen LogP contribution < -0.4 is 19.5 Å². The molecule has 2 N–H and O–H groups in total. The van der Waals surface area contributed by atoms with Crippen LogP contribution in [0.2, 0.25) is 0 Å². The number of nitrogens with zero attached hydrogens (tertiary/aromatic N) is 3. The summed E-state index contributed by atoms with van der Waals surface area (Å²) < 4.78 is 66.9. The molecule has 3 heterocycles. The summed E-state index contributed by atoms with van der Waals surface area (Å²) in [6, 6.07) is 9.21. The van der Waals surface area contributed by atoms with Gasteiger partial charge in [0.25, 0.3) is 10.0 Å². The first kappa shape index (κ1) is 30.0. The van der Waals surface area contributed by atoms with Gasteiger partial charge in [-0.2, -0.15) is 0 Å². The van der Waals surface area contributed by atoms with Crippen molar-refractivity contribution < 1.29 is 31.5 Å². The Morgan fingerprint density at radius 3 is 2.42 bits per heavy atom. The van der Waals surface area contributed by atoms with Crippen LogP contribution >= 0.6 is 0 Å². The van der Waals surface area contributed by atoms with Crippen molar-refractivity contribution in [3.8, 4) is 22.8 Å². The van der Waals surface area contributed by atoms with Crippen molar-refractivity contribution in [1.82, 2.24) is 14.9 Å². The second kappa shape index (κ2) is 12.4. The van der Waals surface area contributed by atoms with Crippen molar-refractivity contribution in [2.45, 2.75) is 24.7 Å². The van der Waals surface area contributed by atoms with Crippen LogP contribution in [0.3, 0.4) is 0 Å². The van der Waals surface area contributed by atoms with E-state index in [1.54, 1.807) is 20.2 Å². The number of benzene rings is 2. The molecule has 1 amide bonds. The average molecular weight is 612 g/mol. The highest BCUT2D eigenvalue weighted by Gasteiger charge is 2.23. The van der Waals surface area contributed by atoms with Crippen LogP contribution in [0, 0.1) is 17.6 Å². The molecule has 5 rings (SSSR count). The van der Waals surface area contributed by atoms with E-state index in [-0.39, 0.29) is 17.5 Å². The van der Waals surface area contributed by atoms with E-state index < -0.39 is 26.6 Å². The maximum absolute atomic E-state index is 14.3. The van der Waals surface area contributed by atoms with Crippen molar-refractivity contribution in [3.63, 3.8) is 0 Å². The number of methoxy groups -OCH3 is 2. The summed E-state index contributed by atoms with van der Waals surface area (Å²) in [6.07, 6.45) is 5.06. The van der Waals surface area contributed by atoms with Gasteiger partial charge in [0, 0.05) is 49.8 Å². The molecule has 2 aromatic heterocycles. The normalized spacial score (nSPS) is 14.0. The van der Waals surface area contributed by atoms with Crippen molar-refractivity contribution in [3.05, 3.63) is 66.5 Å². The van der Waals surface area contributed by atoms with Gasteiger partial charge in [0.15, 0.2) is 5.75 Å². The Bertz CT molecular complexity index is 1780. The number of anilines is 2. The van der Waals surface area contributed by atoms with Gasteiger partial charge in [0.05, 0.1) is 31.6 Å². The van der Waals surface area contributed by atoms with Gasteiger partial charge in [-0.05, 0) is 54.7 Å². The highest BCUT2D eigenvalue weighted by atomic mass is 32.2. The van der Waals surface area contributed by atoms with E-state index in [4.69, 9.17) is 9.47 Å². The van der Waals surface area contributed by atoms with E-state index in [1.807, 2.05) is 23.1 Å². The summed E-state index contributed by atoms with van der Waals surface area (Å²) >= 11 is 0. The first-order valence-corrected chi connectivity index (χ1v) is 15.1. The van der Waals surface area contributed by atoms with Gasteiger partial charge < -0.3 is 19.7 Å². The van der Waals surface area contributed by atoms with E-state index in [1.165, 1.54) is 19.4 Å². The van der Waals surface area contributed by atoms with E-state index >= 15 is 0 Å². The third kappa shape index (κ3) is 6.46. The quantitative estimate of drug-likeness (QED) is 0.269. The lowest BCUT2D eigenvalue weighted by Crippen LogP contribution is -2.38. The van der Waals surface area contributed by atoms with Gasteiger partial charge >= 0.3 is 0 Å². The standard InChI is InChI=1S/C30H31F2N5O5S/c1-18(38)37-10-8-19(9-11-37)15-33-27-17-34-25-6-4-20(12-23(25)29(27)41-2)21-13-26(30(42-3)35-16-21)36-43(39,40)28-7-5-22(31)14-24(28)32/h4-7,12-14,16-17,19,33,36H,8-11,15H2,1-3H3. The van der Waals surface area contributed by atoms with Crippen molar-refractivity contribution in [1.29, 1.82) is 0 Å². The summed E-state index contributed by atoms with van der Waals surface area (Å²) in [7, 11) is -1.53. The van der Waals surface area contributed by atoms with Gasteiger partial charge in [-0.1, -0.05) is 6.07 Å². The molecule has 4 aromatic rings. The van der Waals surface area contributed by atoms with Gasteiger partial charge in [0.1, 0.15) is 22.2 Å². The Balaban J connectivity index is 1.42. The molecule has 1 aliphatic heterocycles. The molecular weight excluding hydrogens is 580 g/mol. The first-order chi connectivity index (χ1) is 20.6. The number of ether oxygens (including phenoxy) is 2. The Morgan fingerprint density at radius 2 is 1.74 bits per heavy atom. The fraction of sp³-hybridized carbons (Fsp3) is 0.300. The number of carbonyl (C=O) groups is 1. The molecule has 43 heavy (non-hydrogen) atoms. The van der Waals surface area contributed by atoms with Crippen molar-refractivity contribution >= 4 is 38.2 Å². The number of hydrogen-bond donors (Lipinski definition) is 2. The van der Waals surface area contributed by atoms with Gasteiger partial charge in [-0.3, -0.25) is 14.5 Å². The first-order valence-electron chi connectivity index (χ1n) is 13.6. The fourth-order valence-corrected chi connectivity index (χ4v) is 6.25. The van der Waals surface area contributed by atoms with Crippen LogP contribution in [0.25, 0.3) is 22.0 Å². The number of pyridine rings is 2. The highest BCUT2D eigenvalue weighted by Crippen LogP contribution is 2.37. The molecule has 0 aliphatic carbocycles. The van der Waals surface area contributed by atoms with E-state index in [0.29, 0.717) is 40.9 Å². The van der Waals surface area contributed by atoms with Gasteiger partial charge in [0.2, 0.25) is 11.8 Å². The van der Waals surface area contributed by atoms with E-state index in [2.05, 4.69) is 20.0 Å². The molecule has 1 fully saturated rings. The summed E-state index contributed by atoms with van der Waals surface area (Å²) in [5.41, 5.74) is 2.61. The molecule has 1 aliphatic rings. The van der Waals surface area contributed by atoms with Crippen LogP contribution in [0.5, 0.6) is 11.6 Å². The van der Waals surface area contributed by atoms with E-state index in [0.717, 1.165) is 49.1 Å². The van der Waals surface area contributed by atoms with Crippen LogP contribution in [0.15, 0.2) is 59.8 Å². The number of fused-ring (bicyclic) bond motifs is 1. The second-order valence-electron chi connectivity index (χ2n) is 10.2. The molecule has 2 aromatic carbocycles. The molecule has 1 saturated heterocycles. The Morgan fingerprint density at radius 1 is 0.977 bits per heavy atom. The molecule has 0 unspecified atom stereocenters. The second-order valence-corrected chi connectivity index (χ2v) is 11.9. The lowest BCUT2D eigenvalue weighted by atomic mass is 9.96. The predicted octanol–water partition coefficient (Wildman–Crippen LogP) is 5.06. The number of halogens is 2. The van der Waals surface area contributed by atoms with Crippen molar-refractivity contribution in [2.24, 2.45) is 5.92 Å². The summed E-state index contributed by atoms with van der Waals surface area (Å²) in [5.74, 6) is -1.06. The largest absolute Gasteiger partial charge is 0.494 e. The third-order valence-electron chi connectivity index (χ3n) is 7.47. The minimum Gasteiger partial charge on any atom is -0.494 e.